The van der Waals surface area contributed by atoms with Gasteiger partial charge < -0.3 is 4.52 Å². The molecule has 144 valence electrons. The number of carbonyl (C=O) groups excluding carboxylic acids is 1. The number of rotatable bonds is 6. The van der Waals surface area contributed by atoms with Crippen molar-refractivity contribution in [2.75, 3.05) is 5.09 Å². The van der Waals surface area contributed by atoms with E-state index in [0.29, 0.717) is 16.4 Å². The predicted molar refractivity (Wildman–Crippen MR) is 111 cm³/mol. The number of hydrogen-bond acceptors (Lipinski definition) is 5. The van der Waals surface area contributed by atoms with Crippen LogP contribution in [-0.4, -0.2) is 10.9 Å². The van der Waals surface area contributed by atoms with Crippen LogP contribution in [0.3, 0.4) is 0 Å². The Morgan fingerprint density at radius 3 is 2.39 bits per heavy atom. The number of fused-ring (bicyclic) bond motifs is 1. The van der Waals surface area contributed by atoms with Crippen LogP contribution in [0.2, 0.25) is 0 Å². The van der Waals surface area contributed by atoms with E-state index in [4.69, 9.17) is 4.52 Å². The Balaban J connectivity index is 1.60. The fraction of sp³-hybridized carbons (Fsp3) is 0.200. The van der Waals surface area contributed by atoms with Crippen molar-refractivity contribution in [3.8, 4) is 5.75 Å². The largest absolute Gasteiger partial charge is 0.448 e. The van der Waals surface area contributed by atoms with Crippen molar-refractivity contribution in [1.29, 1.82) is 0 Å². The Bertz CT molecular complexity index is 985. The zero-order chi connectivity index (χ0) is 19.4. The highest BCUT2D eigenvalue weighted by Gasteiger charge is 2.30. The third-order valence-electron chi connectivity index (χ3n) is 4.35. The van der Waals surface area contributed by atoms with E-state index in [0.717, 1.165) is 31.4 Å². The number of nitrogens with zero attached hydrogens (tertiary/aromatic N) is 1. The molecular formula is C20H20N3O3PS. The van der Waals surface area contributed by atoms with Gasteiger partial charge in [0.15, 0.2) is 5.13 Å². The predicted octanol–water partition coefficient (Wildman–Crippen LogP) is 5.05. The van der Waals surface area contributed by atoms with Crippen molar-refractivity contribution in [1.82, 2.24) is 10.1 Å². The molecule has 1 heterocycles. The lowest BCUT2D eigenvalue weighted by molar-refractivity contribution is 0.0978. The van der Waals surface area contributed by atoms with Crippen LogP contribution < -0.4 is 14.7 Å². The monoisotopic (exact) mass is 413 g/mol. The highest BCUT2D eigenvalue weighted by atomic mass is 32.1. The van der Waals surface area contributed by atoms with Crippen LogP contribution in [0.25, 0.3) is 0 Å². The average Bonchev–Trinajstić information content (AvgIpc) is 3.11. The highest BCUT2D eigenvalue weighted by molar-refractivity contribution is 7.60. The molecule has 1 atom stereocenters. The van der Waals surface area contributed by atoms with Crippen LogP contribution in [0, 0.1) is 0 Å². The number of benzene rings is 2. The summed E-state index contributed by atoms with van der Waals surface area (Å²) in [6.45, 7) is 0. The van der Waals surface area contributed by atoms with Crippen molar-refractivity contribution in [3.63, 3.8) is 0 Å². The molecule has 0 aliphatic heterocycles. The minimum absolute atomic E-state index is 0.396. The number of amides is 1. The minimum Gasteiger partial charge on any atom is -0.414 e. The number of thiazole rings is 1. The Morgan fingerprint density at radius 2 is 1.68 bits per heavy atom. The first kappa shape index (κ1) is 18.7. The van der Waals surface area contributed by atoms with Crippen LogP contribution in [-0.2, 0) is 17.4 Å². The van der Waals surface area contributed by atoms with Crippen molar-refractivity contribution >= 4 is 30.0 Å². The van der Waals surface area contributed by atoms with E-state index in [2.05, 4.69) is 15.2 Å². The normalized spacial score (nSPS) is 15.1. The van der Waals surface area contributed by atoms with Gasteiger partial charge in [-0.05, 0) is 49.9 Å². The van der Waals surface area contributed by atoms with Crippen LogP contribution in [0.5, 0.6) is 5.75 Å². The molecule has 0 fully saturated rings. The van der Waals surface area contributed by atoms with Crippen LogP contribution >= 0.6 is 19.0 Å². The summed E-state index contributed by atoms with van der Waals surface area (Å²) in [4.78, 5) is 18.4. The topological polar surface area (TPSA) is 80.3 Å². The molecule has 28 heavy (non-hydrogen) atoms. The maximum atomic E-state index is 13.5. The number of hydrogen-bond donors (Lipinski definition) is 2. The van der Waals surface area contributed by atoms with Crippen LogP contribution in [0.4, 0.5) is 5.13 Å². The number of aryl methyl sites for hydroxylation is 2. The molecule has 8 heteroatoms. The zero-order valence-corrected chi connectivity index (χ0v) is 16.8. The van der Waals surface area contributed by atoms with Crippen LogP contribution in [0.1, 0.15) is 33.8 Å². The van der Waals surface area contributed by atoms with Crippen molar-refractivity contribution in [2.45, 2.75) is 25.7 Å². The number of carbonyl (C=O) groups is 1. The number of aromatic nitrogens is 1. The van der Waals surface area contributed by atoms with E-state index in [1.54, 1.807) is 48.5 Å². The zero-order valence-electron chi connectivity index (χ0n) is 15.1. The van der Waals surface area contributed by atoms with Gasteiger partial charge in [0, 0.05) is 10.4 Å². The molecule has 1 aliphatic rings. The van der Waals surface area contributed by atoms with Crippen LogP contribution in [0.15, 0.2) is 60.7 Å². The Morgan fingerprint density at radius 1 is 1.00 bits per heavy atom. The van der Waals surface area contributed by atoms with E-state index >= 15 is 0 Å². The first-order valence-electron chi connectivity index (χ1n) is 9.10. The van der Waals surface area contributed by atoms with Gasteiger partial charge in [0.2, 0.25) is 0 Å². The molecule has 1 aromatic heterocycles. The van der Waals surface area contributed by atoms with Gasteiger partial charge in [-0.2, -0.15) is 0 Å². The Labute approximate surface area is 167 Å². The summed E-state index contributed by atoms with van der Waals surface area (Å²) >= 11 is 1.47. The third-order valence-corrected chi connectivity index (χ3v) is 7.05. The van der Waals surface area contributed by atoms with Crippen molar-refractivity contribution < 1.29 is 13.9 Å². The van der Waals surface area contributed by atoms with E-state index < -0.39 is 13.6 Å². The molecule has 0 saturated heterocycles. The number of para-hydroxylation sites is 1. The van der Waals surface area contributed by atoms with Crippen molar-refractivity contribution in [2.24, 2.45) is 0 Å². The summed E-state index contributed by atoms with van der Waals surface area (Å²) in [5.74, 6) is -0.0818. The summed E-state index contributed by atoms with van der Waals surface area (Å²) < 4.78 is 19.3. The van der Waals surface area contributed by atoms with Gasteiger partial charge in [-0.15, -0.1) is 11.3 Å². The fourth-order valence-electron chi connectivity index (χ4n) is 3.02. The number of anilines is 1. The molecule has 6 nitrogen and oxygen atoms in total. The maximum Gasteiger partial charge on any atom is 0.448 e. The minimum atomic E-state index is -3.79. The molecule has 1 amide bonds. The molecule has 0 spiro atoms. The molecule has 0 bridgehead atoms. The second-order valence-corrected chi connectivity index (χ2v) is 9.29. The lowest BCUT2D eigenvalue weighted by Gasteiger charge is -2.20. The van der Waals surface area contributed by atoms with Gasteiger partial charge in [0.1, 0.15) is 5.75 Å². The second kappa shape index (κ2) is 8.17. The lowest BCUT2D eigenvalue weighted by Crippen LogP contribution is -2.26. The average molecular weight is 413 g/mol. The SMILES string of the molecule is O=C(NP(=O)(Nc1nc2c(s1)CCCC2)Oc1ccccc1)c1ccccc1. The van der Waals surface area contributed by atoms with E-state index in [1.807, 2.05) is 12.1 Å². The van der Waals surface area contributed by atoms with E-state index in [-0.39, 0.29) is 0 Å². The van der Waals surface area contributed by atoms with E-state index in [9.17, 15) is 9.36 Å². The van der Waals surface area contributed by atoms with Gasteiger partial charge in [-0.3, -0.25) is 15.0 Å². The van der Waals surface area contributed by atoms with E-state index in [1.165, 1.54) is 16.2 Å². The smallest absolute Gasteiger partial charge is 0.414 e. The molecule has 0 radical (unpaired) electrons. The molecular weight excluding hydrogens is 393 g/mol. The highest BCUT2D eigenvalue weighted by Crippen LogP contribution is 2.45. The second-order valence-electron chi connectivity index (χ2n) is 6.47. The summed E-state index contributed by atoms with van der Waals surface area (Å²) in [5, 5.41) is 5.91. The summed E-state index contributed by atoms with van der Waals surface area (Å²) in [6, 6.07) is 17.4. The molecule has 4 rings (SSSR count). The molecule has 1 unspecified atom stereocenters. The summed E-state index contributed by atoms with van der Waals surface area (Å²) in [5.41, 5.74) is 1.44. The van der Waals surface area contributed by atoms with Gasteiger partial charge in [0.05, 0.1) is 5.69 Å². The number of nitrogens with one attached hydrogen (secondary N) is 2. The first-order valence-corrected chi connectivity index (χ1v) is 11.5. The first-order chi connectivity index (χ1) is 13.6. The fourth-order valence-corrected chi connectivity index (χ4v) is 5.73. The molecule has 2 N–H and O–H groups in total. The quantitative estimate of drug-likeness (QED) is 0.553. The summed E-state index contributed by atoms with van der Waals surface area (Å²) in [6.07, 6.45) is 4.15. The third kappa shape index (κ3) is 4.43. The van der Waals surface area contributed by atoms with Gasteiger partial charge in [0.25, 0.3) is 5.91 Å². The standard InChI is InChI=1S/C20H20N3O3PS/c24-19(15-9-3-1-4-10-15)22-27(25,26-16-11-5-2-6-12-16)23-20-21-17-13-7-8-14-18(17)28-20/h1-6,9-12H,7-8,13-14H2,(H2,21,22,23,24,25). The van der Waals surface area contributed by atoms with Gasteiger partial charge in [-0.1, -0.05) is 36.4 Å². The molecule has 2 aromatic carbocycles. The Hall–Kier alpha value is -2.63. The van der Waals surface area contributed by atoms with Gasteiger partial charge in [-0.25, -0.2) is 9.55 Å². The van der Waals surface area contributed by atoms with Crippen molar-refractivity contribution in [3.05, 3.63) is 76.8 Å². The molecule has 1 aliphatic carbocycles. The van der Waals surface area contributed by atoms with Gasteiger partial charge >= 0.3 is 7.67 Å². The molecule has 0 saturated carbocycles. The molecule has 3 aromatic rings. The maximum absolute atomic E-state index is 13.5. The summed E-state index contributed by atoms with van der Waals surface area (Å²) in [7, 11) is -3.79. The lowest BCUT2D eigenvalue weighted by atomic mass is 10.0. The Kier molecular flexibility index (Phi) is 5.46.